The molecule has 0 heterocycles. The molecule has 3 aromatic rings. The van der Waals surface area contributed by atoms with Gasteiger partial charge in [-0.25, -0.2) is 14.4 Å². The third kappa shape index (κ3) is 8.25. The lowest BCUT2D eigenvalue weighted by molar-refractivity contribution is -0.152. The lowest BCUT2D eigenvalue weighted by Crippen LogP contribution is -2.06. The Bertz CT molecular complexity index is 1470. The van der Waals surface area contributed by atoms with Crippen LogP contribution in [-0.4, -0.2) is 47.4 Å². The van der Waals surface area contributed by atoms with E-state index in [1.54, 1.807) is 12.1 Å². The van der Waals surface area contributed by atoms with Crippen molar-refractivity contribution in [1.82, 2.24) is 0 Å². The number of phenolic OH excluding ortho intramolecular Hbond substituents is 3. The van der Waals surface area contributed by atoms with E-state index in [0.29, 0.717) is 16.7 Å². The average molecular weight is 533 g/mol. The summed E-state index contributed by atoms with van der Waals surface area (Å²) in [4.78, 5) is 35.9. The van der Waals surface area contributed by atoms with Crippen LogP contribution in [-0.2, 0) is 19.1 Å². The maximum Gasteiger partial charge on any atom is 0.338 e. The predicted octanol–water partition coefficient (Wildman–Crippen LogP) is 4.24. The van der Waals surface area contributed by atoms with Crippen LogP contribution in [0, 0.1) is 0 Å². The molecule has 0 fully saturated rings. The minimum absolute atomic E-state index is 0.0572. The normalized spacial score (nSPS) is 11.1. The first-order valence-corrected chi connectivity index (χ1v) is 11.3. The summed E-state index contributed by atoms with van der Waals surface area (Å²) < 4.78 is 19.7. The highest BCUT2D eigenvalue weighted by atomic mass is 16.6. The Hall–Kier alpha value is -5.51. The first kappa shape index (κ1) is 28.1. The van der Waals surface area contributed by atoms with E-state index in [1.807, 2.05) is 0 Å². The summed E-state index contributed by atoms with van der Waals surface area (Å²) in [5.41, 5.74) is 1.43. The summed E-state index contributed by atoms with van der Waals surface area (Å²) in [6.07, 6.45) is 7.25. The quantitative estimate of drug-likeness (QED) is 0.158. The van der Waals surface area contributed by atoms with Gasteiger partial charge in [-0.2, -0.15) is 0 Å². The Morgan fingerprint density at radius 1 is 0.564 bits per heavy atom. The van der Waals surface area contributed by atoms with Gasteiger partial charge in [0, 0.05) is 18.2 Å². The molecule has 0 bridgehead atoms. The minimum Gasteiger partial charge on any atom is -0.504 e. The molecule has 3 rings (SSSR count). The van der Waals surface area contributed by atoms with Crippen molar-refractivity contribution < 1.29 is 48.7 Å². The fourth-order valence-corrected chi connectivity index (χ4v) is 3.14. The van der Waals surface area contributed by atoms with Crippen LogP contribution in [0.2, 0.25) is 0 Å². The highest BCUT2D eigenvalue weighted by molar-refractivity contribution is 6.00. The molecule has 0 aromatic heterocycles. The fourth-order valence-electron chi connectivity index (χ4n) is 3.14. The molecule has 0 unspecified atom stereocenters. The third-order valence-corrected chi connectivity index (χ3v) is 5.04. The number of esters is 3. The van der Waals surface area contributed by atoms with Crippen molar-refractivity contribution in [3.05, 3.63) is 89.5 Å². The summed E-state index contributed by atoms with van der Waals surface area (Å²) in [6, 6.07) is 13.0. The van der Waals surface area contributed by atoms with Gasteiger partial charge in [0.1, 0.15) is 0 Å². The van der Waals surface area contributed by atoms with Gasteiger partial charge in [-0.15, -0.1) is 0 Å². The zero-order valence-electron chi connectivity index (χ0n) is 20.9. The molecule has 0 aliphatic rings. The maximum atomic E-state index is 12.1. The second kappa shape index (κ2) is 13.2. The smallest absolute Gasteiger partial charge is 0.338 e. The molecular formula is C29H24O10. The molecule has 39 heavy (non-hydrogen) atoms. The number of rotatable bonds is 9. The second-order valence-corrected chi connectivity index (χ2v) is 7.75. The van der Waals surface area contributed by atoms with E-state index in [2.05, 4.69) is 4.74 Å². The molecule has 0 amide bonds. The number of aromatic hydroxyl groups is 3. The Morgan fingerprint density at radius 3 is 1.54 bits per heavy atom. The molecule has 10 nitrogen and oxygen atoms in total. The Balaban J connectivity index is 1.54. The number of phenols is 3. The molecule has 10 heteroatoms. The van der Waals surface area contributed by atoms with Crippen LogP contribution in [0.4, 0.5) is 0 Å². The van der Waals surface area contributed by atoms with Gasteiger partial charge in [0.15, 0.2) is 34.5 Å². The average Bonchev–Trinajstić information content (AvgIpc) is 2.91. The van der Waals surface area contributed by atoms with Gasteiger partial charge in [-0.3, -0.25) is 0 Å². The molecular weight excluding hydrogens is 508 g/mol. The number of carbonyl (C=O) groups is 3. The summed E-state index contributed by atoms with van der Waals surface area (Å²) in [7, 11) is 2.80. The monoisotopic (exact) mass is 532 g/mol. The SMILES string of the molecule is COc1ccc(C=CC(=O)Oc2ccc(C=CC(=O)OC(=O)C=Cc3ccc(O)c(OC)c3)cc2O)cc1O. The van der Waals surface area contributed by atoms with Crippen LogP contribution in [0.5, 0.6) is 34.5 Å². The Morgan fingerprint density at radius 2 is 1.03 bits per heavy atom. The molecule has 0 aliphatic heterocycles. The molecule has 0 spiro atoms. The van der Waals surface area contributed by atoms with E-state index < -0.39 is 17.9 Å². The Kier molecular flexibility index (Phi) is 9.47. The maximum absolute atomic E-state index is 12.1. The lowest BCUT2D eigenvalue weighted by Gasteiger charge is -2.05. The first-order chi connectivity index (χ1) is 18.7. The van der Waals surface area contributed by atoms with Crippen LogP contribution in [0.15, 0.2) is 72.8 Å². The van der Waals surface area contributed by atoms with E-state index in [9.17, 15) is 29.7 Å². The van der Waals surface area contributed by atoms with Crippen LogP contribution < -0.4 is 14.2 Å². The number of methoxy groups -OCH3 is 2. The molecule has 0 saturated carbocycles. The van der Waals surface area contributed by atoms with Crippen molar-refractivity contribution in [2.24, 2.45) is 0 Å². The van der Waals surface area contributed by atoms with Crippen molar-refractivity contribution in [1.29, 1.82) is 0 Å². The molecule has 0 saturated heterocycles. The zero-order valence-corrected chi connectivity index (χ0v) is 20.9. The number of hydrogen-bond acceptors (Lipinski definition) is 10. The van der Waals surface area contributed by atoms with Crippen LogP contribution in [0.25, 0.3) is 18.2 Å². The van der Waals surface area contributed by atoms with Crippen molar-refractivity contribution in [3.63, 3.8) is 0 Å². The summed E-state index contributed by atoms with van der Waals surface area (Å²) in [5.74, 6) is -2.75. The minimum atomic E-state index is -0.947. The van der Waals surface area contributed by atoms with E-state index in [4.69, 9.17) is 14.2 Å². The molecule has 200 valence electrons. The predicted molar refractivity (Wildman–Crippen MR) is 141 cm³/mol. The molecule has 0 aliphatic carbocycles. The van der Waals surface area contributed by atoms with Gasteiger partial charge < -0.3 is 34.3 Å². The van der Waals surface area contributed by atoms with Crippen LogP contribution in [0.1, 0.15) is 16.7 Å². The number of carbonyl (C=O) groups excluding carboxylic acids is 3. The van der Waals surface area contributed by atoms with Crippen LogP contribution >= 0.6 is 0 Å². The first-order valence-electron chi connectivity index (χ1n) is 11.3. The number of benzene rings is 3. The second-order valence-electron chi connectivity index (χ2n) is 7.75. The highest BCUT2D eigenvalue weighted by Crippen LogP contribution is 2.29. The third-order valence-electron chi connectivity index (χ3n) is 5.04. The number of hydrogen-bond donors (Lipinski definition) is 3. The van der Waals surface area contributed by atoms with Crippen molar-refractivity contribution in [3.8, 4) is 34.5 Å². The van der Waals surface area contributed by atoms with Gasteiger partial charge in [-0.1, -0.05) is 18.2 Å². The summed E-state index contributed by atoms with van der Waals surface area (Å²) in [6.45, 7) is 0. The van der Waals surface area contributed by atoms with E-state index >= 15 is 0 Å². The van der Waals surface area contributed by atoms with Crippen molar-refractivity contribution in [2.45, 2.75) is 0 Å². The van der Waals surface area contributed by atoms with E-state index in [1.165, 1.54) is 74.9 Å². The van der Waals surface area contributed by atoms with Gasteiger partial charge in [0.2, 0.25) is 0 Å². The number of ether oxygens (including phenoxy) is 4. The topological polar surface area (TPSA) is 149 Å². The molecule has 3 N–H and O–H groups in total. The molecule has 3 aromatic carbocycles. The molecule has 0 atom stereocenters. The van der Waals surface area contributed by atoms with Gasteiger partial charge in [-0.05, 0) is 71.3 Å². The highest BCUT2D eigenvalue weighted by Gasteiger charge is 2.09. The Labute approximate surface area is 223 Å². The van der Waals surface area contributed by atoms with Gasteiger partial charge in [0.25, 0.3) is 0 Å². The van der Waals surface area contributed by atoms with Crippen LogP contribution in [0.3, 0.4) is 0 Å². The van der Waals surface area contributed by atoms with Crippen molar-refractivity contribution in [2.75, 3.05) is 14.2 Å². The fraction of sp³-hybridized carbons (Fsp3) is 0.0690. The van der Waals surface area contributed by atoms with Crippen molar-refractivity contribution >= 4 is 36.1 Å². The zero-order chi connectivity index (χ0) is 28.4. The summed E-state index contributed by atoms with van der Waals surface area (Å²) in [5, 5.41) is 29.6. The van der Waals surface area contributed by atoms with E-state index in [0.717, 1.165) is 18.2 Å². The molecule has 0 radical (unpaired) electrons. The van der Waals surface area contributed by atoms with E-state index in [-0.39, 0.29) is 34.5 Å². The van der Waals surface area contributed by atoms with Gasteiger partial charge >= 0.3 is 17.9 Å². The summed E-state index contributed by atoms with van der Waals surface area (Å²) >= 11 is 0. The lowest BCUT2D eigenvalue weighted by atomic mass is 10.2. The van der Waals surface area contributed by atoms with Gasteiger partial charge in [0.05, 0.1) is 14.2 Å². The standard InChI is InChI=1S/C29H24O10/c1-36-24-10-4-18(15-22(24)31)6-12-27(33)38-25-11-5-19(16-23(25)32)7-13-28(34)39-29(35)14-8-20-3-9-21(30)26(17-20)37-2/h3-17,30-32H,1-2H3. The largest absolute Gasteiger partial charge is 0.504 e.